The van der Waals surface area contributed by atoms with Crippen molar-refractivity contribution in [3.8, 4) is 0 Å². The van der Waals surface area contributed by atoms with Gasteiger partial charge in [0.1, 0.15) is 0 Å². The fourth-order valence-electron chi connectivity index (χ4n) is 1.57. The highest BCUT2D eigenvalue weighted by molar-refractivity contribution is 5.77. The minimum absolute atomic E-state index is 0.0269. The summed E-state index contributed by atoms with van der Waals surface area (Å²) in [7, 11) is 0. The second-order valence-corrected chi connectivity index (χ2v) is 3.43. The van der Waals surface area contributed by atoms with Crippen LogP contribution in [0, 0.1) is 0 Å². The molecule has 0 saturated heterocycles. The van der Waals surface area contributed by atoms with Gasteiger partial charge in [0.15, 0.2) is 0 Å². The van der Waals surface area contributed by atoms with Crippen LogP contribution in [-0.4, -0.2) is 22.7 Å². The van der Waals surface area contributed by atoms with Crippen LogP contribution in [0.4, 0.5) is 0 Å². The molecule has 82 valence electrons. The molecule has 2 unspecified atom stereocenters. The van der Waals surface area contributed by atoms with Gasteiger partial charge < -0.3 is 15.9 Å². The quantitative estimate of drug-likeness (QED) is 0.687. The highest BCUT2D eigenvalue weighted by Crippen LogP contribution is 2.24. The molecule has 1 aromatic carbocycles. The summed E-state index contributed by atoms with van der Waals surface area (Å²) in [6, 6.07) is 6.91. The van der Waals surface area contributed by atoms with E-state index in [1.54, 1.807) is 31.2 Å². The second-order valence-electron chi connectivity index (χ2n) is 3.43. The Kier molecular flexibility index (Phi) is 3.82. The maximum Gasteiger partial charge on any atom is 0.312 e. The van der Waals surface area contributed by atoms with Gasteiger partial charge in [-0.05, 0) is 18.1 Å². The summed E-state index contributed by atoms with van der Waals surface area (Å²) in [6.45, 7) is 1.63. The molecule has 0 saturated carbocycles. The van der Waals surface area contributed by atoms with Crippen molar-refractivity contribution in [3.05, 3.63) is 35.4 Å². The zero-order valence-corrected chi connectivity index (χ0v) is 8.55. The van der Waals surface area contributed by atoms with E-state index in [1.807, 2.05) is 0 Å². The monoisotopic (exact) mass is 209 g/mol. The molecule has 0 bridgehead atoms. The standard InChI is InChI=1S/C11H15NO3/c1-7(13)8-4-2-3-5-9(8)10(6-12)11(14)15/h2-5,7,10,13H,6,12H2,1H3,(H,14,15). The average Bonchev–Trinajstić information content (AvgIpc) is 2.18. The number of rotatable bonds is 4. The van der Waals surface area contributed by atoms with E-state index < -0.39 is 18.0 Å². The van der Waals surface area contributed by atoms with Gasteiger partial charge in [-0.15, -0.1) is 0 Å². The lowest BCUT2D eigenvalue weighted by Crippen LogP contribution is -2.22. The summed E-state index contributed by atoms with van der Waals surface area (Å²) >= 11 is 0. The highest BCUT2D eigenvalue weighted by atomic mass is 16.4. The van der Waals surface area contributed by atoms with E-state index >= 15 is 0 Å². The number of aliphatic hydroxyl groups is 1. The molecule has 4 nitrogen and oxygen atoms in total. The van der Waals surface area contributed by atoms with Gasteiger partial charge >= 0.3 is 5.97 Å². The lowest BCUT2D eigenvalue weighted by molar-refractivity contribution is -0.138. The first-order valence-corrected chi connectivity index (χ1v) is 4.77. The third kappa shape index (κ3) is 2.55. The average molecular weight is 209 g/mol. The third-order valence-corrected chi connectivity index (χ3v) is 2.36. The Morgan fingerprint density at radius 2 is 1.93 bits per heavy atom. The van der Waals surface area contributed by atoms with E-state index in [9.17, 15) is 9.90 Å². The fourth-order valence-corrected chi connectivity index (χ4v) is 1.57. The number of aliphatic hydroxyl groups excluding tert-OH is 1. The number of hydrogen-bond acceptors (Lipinski definition) is 3. The molecule has 0 aliphatic carbocycles. The fraction of sp³-hybridized carbons (Fsp3) is 0.364. The van der Waals surface area contributed by atoms with Crippen molar-refractivity contribution in [2.45, 2.75) is 18.9 Å². The molecule has 0 spiro atoms. The van der Waals surface area contributed by atoms with Crippen LogP contribution in [0.5, 0.6) is 0 Å². The van der Waals surface area contributed by atoms with Gasteiger partial charge in [-0.2, -0.15) is 0 Å². The van der Waals surface area contributed by atoms with Gasteiger partial charge in [-0.1, -0.05) is 24.3 Å². The predicted octanol–water partition coefficient (Wildman–Crippen LogP) is 0.867. The Bertz CT molecular complexity index is 349. The molecule has 0 aliphatic rings. The van der Waals surface area contributed by atoms with E-state index in [0.717, 1.165) is 0 Å². The predicted molar refractivity (Wildman–Crippen MR) is 56.5 cm³/mol. The van der Waals surface area contributed by atoms with E-state index in [-0.39, 0.29) is 6.54 Å². The number of benzene rings is 1. The molecule has 4 N–H and O–H groups in total. The smallest absolute Gasteiger partial charge is 0.312 e. The first-order chi connectivity index (χ1) is 7.07. The first-order valence-electron chi connectivity index (χ1n) is 4.77. The zero-order chi connectivity index (χ0) is 11.4. The number of hydrogen-bond donors (Lipinski definition) is 3. The minimum atomic E-state index is -0.967. The van der Waals surface area contributed by atoms with Crippen molar-refractivity contribution in [1.29, 1.82) is 0 Å². The Morgan fingerprint density at radius 3 is 2.33 bits per heavy atom. The maximum absolute atomic E-state index is 10.9. The first kappa shape index (κ1) is 11.7. The van der Waals surface area contributed by atoms with Crippen LogP contribution in [0.3, 0.4) is 0 Å². The van der Waals surface area contributed by atoms with Gasteiger partial charge in [-0.3, -0.25) is 4.79 Å². The van der Waals surface area contributed by atoms with Gasteiger partial charge in [0.25, 0.3) is 0 Å². The van der Waals surface area contributed by atoms with Crippen LogP contribution in [0.15, 0.2) is 24.3 Å². The SMILES string of the molecule is CC(O)c1ccccc1C(CN)C(=O)O. The van der Waals surface area contributed by atoms with Crippen molar-refractivity contribution in [2.24, 2.45) is 5.73 Å². The van der Waals surface area contributed by atoms with Crippen molar-refractivity contribution >= 4 is 5.97 Å². The van der Waals surface area contributed by atoms with Crippen molar-refractivity contribution in [3.63, 3.8) is 0 Å². The molecule has 15 heavy (non-hydrogen) atoms. The number of carboxylic acids is 1. The van der Waals surface area contributed by atoms with Crippen LogP contribution >= 0.6 is 0 Å². The third-order valence-electron chi connectivity index (χ3n) is 2.36. The Balaban J connectivity index is 3.16. The van der Waals surface area contributed by atoms with E-state index in [1.165, 1.54) is 0 Å². The van der Waals surface area contributed by atoms with E-state index in [4.69, 9.17) is 10.8 Å². The molecule has 0 radical (unpaired) electrons. The molecule has 0 aromatic heterocycles. The Morgan fingerprint density at radius 1 is 1.40 bits per heavy atom. The summed E-state index contributed by atoms with van der Waals surface area (Å²) in [5.74, 6) is -1.72. The molecule has 1 rings (SSSR count). The summed E-state index contributed by atoms with van der Waals surface area (Å²) < 4.78 is 0. The lowest BCUT2D eigenvalue weighted by atomic mass is 9.92. The van der Waals surface area contributed by atoms with Crippen LogP contribution in [0.25, 0.3) is 0 Å². The molecule has 0 heterocycles. The maximum atomic E-state index is 10.9. The number of aliphatic carboxylic acids is 1. The molecule has 2 atom stereocenters. The van der Waals surface area contributed by atoms with Gasteiger partial charge in [-0.25, -0.2) is 0 Å². The van der Waals surface area contributed by atoms with Crippen molar-refractivity contribution in [2.75, 3.05) is 6.54 Å². The summed E-state index contributed by atoms with van der Waals surface area (Å²) in [5.41, 5.74) is 6.62. The van der Waals surface area contributed by atoms with Crippen LogP contribution < -0.4 is 5.73 Å². The van der Waals surface area contributed by atoms with E-state index in [2.05, 4.69) is 0 Å². The topological polar surface area (TPSA) is 83.5 Å². The lowest BCUT2D eigenvalue weighted by Gasteiger charge is -2.16. The molecule has 4 heteroatoms. The largest absolute Gasteiger partial charge is 0.481 e. The Hall–Kier alpha value is -1.39. The summed E-state index contributed by atoms with van der Waals surface area (Å²) in [6.07, 6.45) is -0.686. The van der Waals surface area contributed by atoms with Gasteiger partial charge in [0.05, 0.1) is 12.0 Å². The number of carbonyl (C=O) groups is 1. The molecule has 0 aliphatic heterocycles. The number of nitrogens with two attached hydrogens (primary N) is 1. The molecular weight excluding hydrogens is 194 g/mol. The minimum Gasteiger partial charge on any atom is -0.481 e. The summed E-state index contributed by atoms with van der Waals surface area (Å²) in [5, 5.41) is 18.5. The molecule has 0 fully saturated rings. The normalized spacial score (nSPS) is 14.6. The molecule has 0 amide bonds. The van der Waals surface area contributed by atoms with Gasteiger partial charge in [0, 0.05) is 6.54 Å². The summed E-state index contributed by atoms with van der Waals surface area (Å²) in [4.78, 5) is 10.9. The van der Waals surface area contributed by atoms with Crippen LogP contribution in [0.2, 0.25) is 0 Å². The van der Waals surface area contributed by atoms with E-state index in [0.29, 0.717) is 11.1 Å². The number of carboxylic acid groups (broad SMARTS) is 1. The zero-order valence-electron chi connectivity index (χ0n) is 8.55. The molecule has 1 aromatic rings. The van der Waals surface area contributed by atoms with Crippen molar-refractivity contribution in [1.82, 2.24) is 0 Å². The Labute approximate surface area is 88.3 Å². The van der Waals surface area contributed by atoms with Gasteiger partial charge in [0.2, 0.25) is 0 Å². The second kappa shape index (κ2) is 4.91. The van der Waals surface area contributed by atoms with Crippen LogP contribution in [0.1, 0.15) is 30.1 Å². The highest BCUT2D eigenvalue weighted by Gasteiger charge is 2.21. The molecular formula is C11H15NO3. The van der Waals surface area contributed by atoms with Crippen LogP contribution in [-0.2, 0) is 4.79 Å². The van der Waals surface area contributed by atoms with Crippen molar-refractivity contribution < 1.29 is 15.0 Å².